The van der Waals surface area contributed by atoms with Gasteiger partial charge in [-0.3, -0.25) is 0 Å². The Bertz CT molecular complexity index is 1620. The largest absolute Gasteiger partial charge is 0.485 e. The van der Waals surface area contributed by atoms with Crippen molar-refractivity contribution in [3.8, 4) is 5.75 Å². The first-order valence-corrected chi connectivity index (χ1v) is 14.9. The van der Waals surface area contributed by atoms with Gasteiger partial charge in [-0.25, -0.2) is 0 Å². The molecule has 7 rings (SSSR count). The van der Waals surface area contributed by atoms with Gasteiger partial charge in [0.25, 0.3) is 0 Å². The lowest BCUT2D eigenvalue weighted by molar-refractivity contribution is -0.444. The highest BCUT2D eigenvalue weighted by molar-refractivity contribution is 6.14. The molecule has 1 unspecified atom stereocenters. The summed E-state index contributed by atoms with van der Waals surface area (Å²) in [6, 6.07) is 18.2. The van der Waals surface area contributed by atoms with Crippen molar-refractivity contribution in [1.82, 2.24) is 0 Å². The lowest BCUT2D eigenvalue weighted by Crippen LogP contribution is -2.46. The van der Waals surface area contributed by atoms with E-state index in [9.17, 15) is 0 Å². The van der Waals surface area contributed by atoms with Crippen molar-refractivity contribution in [3.05, 3.63) is 76.9 Å². The van der Waals surface area contributed by atoms with Crippen LogP contribution in [0, 0.1) is 0 Å². The van der Waals surface area contributed by atoms with Gasteiger partial charge in [0, 0.05) is 47.5 Å². The summed E-state index contributed by atoms with van der Waals surface area (Å²) in [5.74, 6) is 1.04. The third kappa shape index (κ3) is 3.58. The molecule has 3 nitrogen and oxygen atoms in total. The molecule has 200 valence electrons. The van der Waals surface area contributed by atoms with Gasteiger partial charge in [0.2, 0.25) is 5.69 Å². The molecule has 0 saturated heterocycles. The topological polar surface area (TPSA) is 15.5 Å². The highest BCUT2D eigenvalue weighted by atomic mass is 16.5. The first kappa shape index (κ1) is 24.7. The number of fused-ring (bicyclic) bond motifs is 8. The number of benzene rings is 3. The SMILES string of the molecule is CCCCCN1c2cc3c(cc2C(C)=CC1(C)C)C=C1C2=[N+](CCC1O3)c1ccc3ccccc3c1C2(C)C. The minimum Gasteiger partial charge on any atom is -0.485 e. The number of nitrogens with zero attached hydrogens (tertiary/aromatic N) is 2. The fourth-order valence-electron chi connectivity index (χ4n) is 7.89. The first-order chi connectivity index (χ1) is 18.7. The summed E-state index contributed by atoms with van der Waals surface area (Å²) in [5, 5.41) is 2.69. The Hall–Kier alpha value is -3.33. The molecular formula is C36H41N2O+. The normalized spacial score (nSPS) is 21.8. The van der Waals surface area contributed by atoms with E-state index in [-0.39, 0.29) is 17.1 Å². The van der Waals surface area contributed by atoms with Crippen molar-refractivity contribution in [2.24, 2.45) is 0 Å². The van der Waals surface area contributed by atoms with E-state index in [2.05, 4.69) is 112 Å². The third-order valence-corrected chi connectivity index (χ3v) is 9.59. The van der Waals surface area contributed by atoms with E-state index < -0.39 is 0 Å². The summed E-state index contributed by atoms with van der Waals surface area (Å²) in [6.07, 6.45) is 9.73. The highest BCUT2D eigenvalue weighted by Gasteiger charge is 2.53. The van der Waals surface area contributed by atoms with Crippen molar-refractivity contribution in [3.63, 3.8) is 0 Å². The molecule has 4 aliphatic rings. The van der Waals surface area contributed by atoms with Gasteiger partial charge < -0.3 is 9.64 Å². The Morgan fingerprint density at radius 1 is 1.03 bits per heavy atom. The maximum atomic E-state index is 6.91. The Balaban J connectivity index is 1.35. The minimum atomic E-state index is -0.0916. The summed E-state index contributed by atoms with van der Waals surface area (Å²) in [7, 11) is 0. The minimum absolute atomic E-state index is 0.00165. The third-order valence-electron chi connectivity index (χ3n) is 9.59. The van der Waals surface area contributed by atoms with Crippen LogP contribution in [0.5, 0.6) is 5.75 Å². The van der Waals surface area contributed by atoms with Gasteiger partial charge in [0.05, 0.1) is 16.5 Å². The number of ether oxygens (including phenoxy) is 1. The molecule has 0 bridgehead atoms. The average Bonchev–Trinajstić information content (AvgIpc) is 3.15. The molecule has 0 radical (unpaired) electrons. The highest BCUT2D eigenvalue weighted by Crippen LogP contribution is 2.50. The molecule has 39 heavy (non-hydrogen) atoms. The average molecular weight is 518 g/mol. The number of rotatable bonds is 4. The van der Waals surface area contributed by atoms with E-state index in [0.717, 1.165) is 25.3 Å². The molecule has 3 heteroatoms. The smallest absolute Gasteiger partial charge is 0.210 e. The molecule has 0 fully saturated rings. The second-order valence-electron chi connectivity index (χ2n) is 13.0. The van der Waals surface area contributed by atoms with Crippen molar-refractivity contribution >= 4 is 39.5 Å². The molecule has 0 N–H and O–H groups in total. The molecule has 0 aromatic heterocycles. The lowest BCUT2D eigenvalue weighted by atomic mass is 9.74. The van der Waals surface area contributed by atoms with Crippen LogP contribution in [0.1, 0.15) is 83.9 Å². The fourth-order valence-corrected chi connectivity index (χ4v) is 7.89. The summed E-state index contributed by atoms with van der Waals surface area (Å²) >= 11 is 0. The Kier molecular flexibility index (Phi) is 5.43. The van der Waals surface area contributed by atoms with Gasteiger partial charge in [-0.2, -0.15) is 4.58 Å². The molecule has 0 spiro atoms. The second kappa shape index (κ2) is 8.58. The fraction of sp³-hybridized carbons (Fsp3) is 0.417. The Morgan fingerprint density at radius 3 is 2.67 bits per heavy atom. The predicted molar refractivity (Wildman–Crippen MR) is 165 cm³/mol. The molecule has 0 amide bonds. The van der Waals surface area contributed by atoms with Gasteiger partial charge in [-0.05, 0) is 75.6 Å². The standard InChI is InChI=1S/C36H41N2O/c1-7-8-11-17-38-30-21-32-25(19-27(30)23(2)22-35(38,3)4)20-28-31(39-32)16-18-37-29-15-14-24-12-9-10-13-26(24)33(29)36(5,6)34(28)37/h9-10,12-15,19-22,31H,7-8,11,16-18H2,1-6H3/q+1. The van der Waals surface area contributed by atoms with Crippen LogP contribution in [0.2, 0.25) is 0 Å². The lowest BCUT2D eigenvalue weighted by Gasteiger charge is -2.44. The molecule has 0 aliphatic carbocycles. The molecular weight excluding hydrogens is 476 g/mol. The quantitative estimate of drug-likeness (QED) is 0.254. The Morgan fingerprint density at radius 2 is 1.85 bits per heavy atom. The van der Waals surface area contributed by atoms with Crippen LogP contribution in [0.15, 0.2) is 60.2 Å². The van der Waals surface area contributed by atoms with Crippen LogP contribution < -0.4 is 9.64 Å². The second-order valence-corrected chi connectivity index (χ2v) is 13.0. The summed E-state index contributed by atoms with van der Waals surface area (Å²) in [4.78, 5) is 2.60. The molecule has 0 saturated carbocycles. The number of hydrogen-bond donors (Lipinski definition) is 0. The van der Waals surface area contributed by atoms with Crippen molar-refractivity contribution in [2.75, 3.05) is 18.0 Å². The van der Waals surface area contributed by atoms with Gasteiger partial charge in [0.1, 0.15) is 11.9 Å². The van der Waals surface area contributed by atoms with Crippen molar-refractivity contribution in [1.29, 1.82) is 0 Å². The van der Waals surface area contributed by atoms with Crippen molar-refractivity contribution < 1.29 is 9.31 Å². The van der Waals surface area contributed by atoms with Crippen LogP contribution in [0.3, 0.4) is 0 Å². The van der Waals surface area contributed by atoms with Crippen molar-refractivity contribution in [2.45, 2.75) is 84.3 Å². The van der Waals surface area contributed by atoms with Crippen LogP contribution in [0.4, 0.5) is 11.4 Å². The van der Waals surface area contributed by atoms with E-state index in [4.69, 9.17) is 4.74 Å². The van der Waals surface area contributed by atoms with E-state index in [1.165, 1.54) is 75.0 Å². The van der Waals surface area contributed by atoms with E-state index in [0.29, 0.717) is 0 Å². The number of hydrogen-bond acceptors (Lipinski definition) is 2. The zero-order chi connectivity index (χ0) is 27.1. The predicted octanol–water partition coefficient (Wildman–Crippen LogP) is 8.66. The van der Waals surface area contributed by atoms with E-state index >= 15 is 0 Å². The first-order valence-electron chi connectivity index (χ1n) is 14.9. The van der Waals surface area contributed by atoms with Crippen LogP contribution >= 0.6 is 0 Å². The van der Waals surface area contributed by atoms with Crippen LogP contribution in [0.25, 0.3) is 22.4 Å². The van der Waals surface area contributed by atoms with Gasteiger partial charge in [-0.1, -0.05) is 50.1 Å². The molecule has 1 atom stereocenters. The summed E-state index contributed by atoms with van der Waals surface area (Å²) in [5.41, 5.74) is 10.8. The molecule has 4 heterocycles. The van der Waals surface area contributed by atoms with Crippen LogP contribution in [-0.4, -0.2) is 35.0 Å². The van der Waals surface area contributed by atoms with Crippen LogP contribution in [-0.2, 0) is 5.41 Å². The summed E-state index contributed by atoms with van der Waals surface area (Å²) in [6.45, 7) is 16.1. The zero-order valence-electron chi connectivity index (χ0n) is 24.4. The maximum absolute atomic E-state index is 6.91. The number of allylic oxidation sites excluding steroid dienone is 1. The van der Waals surface area contributed by atoms with Gasteiger partial charge >= 0.3 is 0 Å². The van der Waals surface area contributed by atoms with Gasteiger partial charge in [0.15, 0.2) is 12.3 Å². The zero-order valence-corrected chi connectivity index (χ0v) is 24.4. The van der Waals surface area contributed by atoms with E-state index in [1.807, 2.05) is 0 Å². The number of unbranched alkanes of at least 4 members (excludes halogenated alkanes) is 2. The summed E-state index contributed by atoms with van der Waals surface area (Å²) < 4.78 is 9.49. The van der Waals surface area contributed by atoms with Gasteiger partial charge in [-0.15, -0.1) is 0 Å². The monoisotopic (exact) mass is 517 g/mol. The molecule has 3 aromatic carbocycles. The number of anilines is 1. The molecule has 3 aromatic rings. The molecule has 4 aliphatic heterocycles. The maximum Gasteiger partial charge on any atom is 0.210 e. The van der Waals surface area contributed by atoms with E-state index in [1.54, 1.807) is 0 Å². The Labute approximate surface area is 233 Å².